The number of nitrogens with zero attached hydrogens (tertiary/aromatic N) is 2. The summed E-state index contributed by atoms with van der Waals surface area (Å²) in [6.07, 6.45) is 1.92. The van der Waals surface area contributed by atoms with Gasteiger partial charge in [0.15, 0.2) is 5.95 Å². The van der Waals surface area contributed by atoms with Gasteiger partial charge in [-0.1, -0.05) is 30.3 Å². The first kappa shape index (κ1) is 7.86. The number of rotatable bonds is 1. The van der Waals surface area contributed by atoms with E-state index in [2.05, 4.69) is 4.98 Å². The van der Waals surface area contributed by atoms with Crippen molar-refractivity contribution < 1.29 is 0 Å². The molecule has 2 rings (SSSR count). The van der Waals surface area contributed by atoms with Crippen molar-refractivity contribution in [3.8, 4) is 11.3 Å². The Morgan fingerprint density at radius 3 is 2.46 bits per heavy atom. The SMILES string of the molecule is Cn1cc(-c2ccccc2)nc1N. The van der Waals surface area contributed by atoms with Crippen LogP contribution in [0.4, 0.5) is 5.95 Å². The molecule has 0 unspecified atom stereocenters. The van der Waals surface area contributed by atoms with Crippen LogP contribution in [-0.2, 0) is 7.05 Å². The molecule has 1 heterocycles. The van der Waals surface area contributed by atoms with E-state index in [0.717, 1.165) is 11.3 Å². The fourth-order valence-corrected chi connectivity index (χ4v) is 1.23. The smallest absolute Gasteiger partial charge is 0.200 e. The molecular formula is C10H11N3. The van der Waals surface area contributed by atoms with Gasteiger partial charge in [-0.25, -0.2) is 4.98 Å². The number of imidazole rings is 1. The van der Waals surface area contributed by atoms with E-state index < -0.39 is 0 Å². The molecule has 0 saturated carbocycles. The van der Waals surface area contributed by atoms with Crippen molar-refractivity contribution in [2.75, 3.05) is 5.73 Å². The van der Waals surface area contributed by atoms with E-state index in [0.29, 0.717) is 5.95 Å². The van der Waals surface area contributed by atoms with Crippen LogP contribution in [0.25, 0.3) is 11.3 Å². The van der Waals surface area contributed by atoms with Crippen LogP contribution in [0.1, 0.15) is 0 Å². The Labute approximate surface area is 76.8 Å². The third kappa shape index (κ3) is 1.40. The topological polar surface area (TPSA) is 43.8 Å². The molecule has 3 nitrogen and oxygen atoms in total. The van der Waals surface area contributed by atoms with Gasteiger partial charge in [-0.3, -0.25) is 0 Å². The van der Waals surface area contributed by atoms with Gasteiger partial charge in [-0.05, 0) is 0 Å². The van der Waals surface area contributed by atoms with Crippen LogP contribution in [0, 0.1) is 0 Å². The van der Waals surface area contributed by atoms with Gasteiger partial charge in [0, 0.05) is 18.8 Å². The summed E-state index contributed by atoms with van der Waals surface area (Å²) in [5.41, 5.74) is 7.64. The molecule has 0 aliphatic heterocycles. The van der Waals surface area contributed by atoms with Crippen LogP contribution >= 0.6 is 0 Å². The fourth-order valence-electron chi connectivity index (χ4n) is 1.23. The summed E-state index contributed by atoms with van der Waals surface area (Å²) in [6.45, 7) is 0. The first-order valence-corrected chi connectivity index (χ1v) is 4.11. The standard InChI is InChI=1S/C10H11N3/c1-13-7-9(12-10(13)11)8-5-3-2-4-6-8/h2-7H,1H3,(H2,11,12). The van der Waals surface area contributed by atoms with E-state index in [4.69, 9.17) is 5.73 Å². The normalized spacial score (nSPS) is 10.2. The van der Waals surface area contributed by atoms with E-state index in [1.54, 1.807) is 0 Å². The van der Waals surface area contributed by atoms with Crippen LogP contribution in [0.5, 0.6) is 0 Å². The van der Waals surface area contributed by atoms with Gasteiger partial charge in [-0.15, -0.1) is 0 Å². The molecular weight excluding hydrogens is 162 g/mol. The molecule has 2 aromatic rings. The number of hydrogen-bond acceptors (Lipinski definition) is 2. The number of nitrogens with two attached hydrogens (primary N) is 1. The molecule has 0 aliphatic rings. The monoisotopic (exact) mass is 173 g/mol. The minimum absolute atomic E-state index is 0.541. The highest BCUT2D eigenvalue weighted by Gasteiger charge is 2.02. The zero-order chi connectivity index (χ0) is 9.26. The zero-order valence-electron chi connectivity index (χ0n) is 7.44. The number of benzene rings is 1. The zero-order valence-corrected chi connectivity index (χ0v) is 7.44. The van der Waals surface area contributed by atoms with E-state index in [1.165, 1.54) is 0 Å². The van der Waals surface area contributed by atoms with E-state index >= 15 is 0 Å². The van der Waals surface area contributed by atoms with Gasteiger partial charge in [0.1, 0.15) is 0 Å². The lowest BCUT2D eigenvalue weighted by atomic mass is 10.2. The molecule has 13 heavy (non-hydrogen) atoms. The largest absolute Gasteiger partial charge is 0.369 e. The Morgan fingerprint density at radius 2 is 1.92 bits per heavy atom. The molecule has 0 amide bonds. The summed E-state index contributed by atoms with van der Waals surface area (Å²) >= 11 is 0. The molecule has 0 aliphatic carbocycles. The van der Waals surface area contributed by atoms with Crippen LogP contribution in [0.2, 0.25) is 0 Å². The Hall–Kier alpha value is -1.77. The first-order valence-electron chi connectivity index (χ1n) is 4.11. The molecule has 0 spiro atoms. The van der Waals surface area contributed by atoms with Crippen LogP contribution in [0.3, 0.4) is 0 Å². The highest BCUT2D eigenvalue weighted by molar-refractivity contribution is 5.59. The molecule has 0 bridgehead atoms. The number of anilines is 1. The summed E-state index contributed by atoms with van der Waals surface area (Å²) < 4.78 is 1.81. The molecule has 3 heteroatoms. The summed E-state index contributed by atoms with van der Waals surface area (Å²) in [5.74, 6) is 0.541. The summed E-state index contributed by atoms with van der Waals surface area (Å²) in [4.78, 5) is 4.22. The predicted molar refractivity (Wildman–Crippen MR) is 53.1 cm³/mol. The van der Waals surface area contributed by atoms with Gasteiger partial charge in [0.25, 0.3) is 0 Å². The molecule has 0 radical (unpaired) electrons. The van der Waals surface area contributed by atoms with Gasteiger partial charge in [0.2, 0.25) is 0 Å². The first-order chi connectivity index (χ1) is 6.27. The molecule has 1 aromatic carbocycles. The second-order valence-corrected chi connectivity index (χ2v) is 2.96. The van der Waals surface area contributed by atoms with Crippen LogP contribution in [-0.4, -0.2) is 9.55 Å². The second-order valence-electron chi connectivity index (χ2n) is 2.96. The Kier molecular flexibility index (Phi) is 1.77. The lowest BCUT2D eigenvalue weighted by molar-refractivity contribution is 0.930. The molecule has 0 fully saturated rings. The number of aromatic nitrogens is 2. The van der Waals surface area contributed by atoms with Crippen LogP contribution in [0.15, 0.2) is 36.5 Å². The van der Waals surface area contributed by atoms with Gasteiger partial charge < -0.3 is 10.3 Å². The van der Waals surface area contributed by atoms with Crippen molar-refractivity contribution in [1.82, 2.24) is 9.55 Å². The minimum Gasteiger partial charge on any atom is -0.369 e. The Morgan fingerprint density at radius 1 is 1.23 bits per heavy atom. The van der Waals surface area contributed by atoms with Crippen molar-refractivity contribution >= 4 is 5.95 Å². The van der Waals surface area contributed by atoms with Crippen molar-refractivity contribution in [1.29, 1.82) is 0 Å². The lowest BCUT2D eigenvalue weighted by Gasteiger charge is -1.92. The maximum Gasteiger partial charge on any atom is 0.200 e. The van der Waals surface area contributed by atoms with E-state index in [1.807, 2.05) is 48.1 Å². The van der Waals surface area contributed by atoms with Crippen LogP contribution < -0.4 is 5.73 Å². The Bertz CT molecular complexity index is 384. The van der Waals surface area contributed by atoms with Gasteiger partial charge >= 0.3 is 0 Å². The number of hydrogen-bond donors (Lipinski definition) is 1. The predicted octanol–water partition coefficient (Wildman–Crippen LogP) is 1.67. The minimum atomic E-state index is 0.541. The summed E-state index contributed by atoms with van der Waals surface area (Å²) in [5, 5.41) is 0. The number of nitrogen functional groups attached to an aromatic ring is 1. The summed E-state index contributed by atoms with van der Waals surface area (Å²) in [7, 11) is 1.88. The van der Waals surface area contributed by atoms with Crippen molar-refractivity contribution in [2.45, 2.75) is 0 Å². The van der Waals surface area contributed by atoms with E-state index in [-0.39, 0.29) is 0 Å². The third-order valence-corrected chi connectivity index (χ3v) is 1.98. The maximum absolute atomic E-state index is 5.63. The fraction of sp³-hybridized carbons (Fsp3) is 0.100. The molecule has 0 atom stereocenters. The average molecular weight is 173 g/mol. The molecule has 66 valence electrons. The highest BCUT2D eigenvalue weighted by atomic mass is 15.1. The van der Waals surface area contributed by atoms with Crippen molar-refractivity contribution in [2.24, 2.45) is 7.05 Å². The molecule has 0 saturated heterocycles. The third-order valence-electron chi connectivity index (χ3n) is 1.98. The quantitative estimate of drug-likeness (QED) is 0.712. The number of aryl methyl sites for hydroxylation is 1. The molecule has 1 aromatic heterocycles. The lowest BCUT2D eigenvalue weighted by Crippen LogP contribution is -1.94. The van der Waals surface area contributed by atoms with Gasteiger partial charge in [-0.2, -0.15) is 0 Å². The maximum atomic E-state index is 5.63. The summed E-state index contributed by atoms with van der Waals surface area (Å²) in [6, 6.07) is 9.99. The average Bonchev–Trinajstić information content (AvgIpc) is 2.49. The van der Waals surface area contributed by atoms with Crippen molar-refractivity contribution in [3.63, 3.8) is 0 Å². The second kappa shape index (κ2) is 2.94. The van der Waals surface area contributed by atoms with Gasteiger partial charge in [0.05, 0.1) is 5.69 Å². The molecule has 2 N–H and O–H groups in total. The highest BCUT2D eigenvalue weighted by Crippen LogP contribution is 2.17. The van der Waals surface area contributed by atoms with Crippen molar-refractivity contribution in [3.05, 3.63) is 36.5 Å². The van der Waals surface area contributed by atoms with E-state index in [9.17, 15) is 0 Å². The Balaban J connectivity index is 2.48.